The first-order valence-corrected chi connectivity index (χ1v) is 5.91. The highest BCUT2D eigenvalue weighted by molar-refractivity contribution is 6.03. The molecule has 1 heterocycles. The first kappa shape index (κ1) is 12.9. The standard InChI is InChI=1S/C14H14N2O3/c17-13(18)8-7-10-4-1-2-5-11(10)16-14(19)12-6-3-9-15-12/h1-6,9,15H,7-8H2,(H,16,19)(H,17,18). The molecule has 0 aliphatic carbocycles. The van der Waals surface area contributed by atoms with E-state index in [1.54, 1.807) is 30.5 Å². The number of aromatic amines is 1. The zero-order valence-electron chi connectivity index (χ0n) is 10.2. The molecule has 0 aliphatic rings. The lowest BCUT2D eigenvalue weighted by Gasteiger charge is -2.09. The fraction of sp³-hybridized carbons (Fsp3) is 0.143. The lowest BCUT2D eigenvalue weighted by molar-refractivity contribution is -0.136. The Morgan fingerprint density at radius 3 is 2.63 bits per heavy atom. The maximum absolute atomic E-state index is 11.9. The summed E-state index contributed by atoms with van der Waals surface area (Å²) in [4.78, 5) is 25.3. The topological polar surface area (TPSA) is 82.2 Å². The van der Waals surface area contributed by atoms with Crippen molar-refractivity contribution in [2.75, 3.05) is 5.32 Å². The van der Waals surface area contributed by atoms with Crippen molar-refractivity contribution in [3.05, 3.63) is 53.9 Å². The molecule has 2 rings (SSSR count). The molecular weight excluding hydrogens is 244 g/mol. The summed E-state index contributed by atoms with van der Waals surface area (Å²) < 4.78 is 0. The molecule has 2 aromatic rings. The Bertz CT molecular complexity index is 576. The van der Waals surface area contributed by atoms with Crippen LogP contribution in [0.2, 0.25) is 0 Å². The molecule has 1 amide bonds. The van der Waals surface area contributed by atoms with Crippen LogP contribution in [0.3, 0.4) is 0 Å². The smallest absolute Gasteiger partial charge is 0.303 e. The second kappa shape index (κ2) is 5.86. The van der Waals surface area contributed by atoms with Crippen molar-refractivity contribution in [1.29, 1.82) is 0 Å². The van der Waals surface area contributed by atoms with E-state index in [1.165, 1.54) is 0 Å². The van der Waals surface area contributed by atoms with E-state index in [2.05, 4.69) is 10.3 Å². The summed E-state index contributed by atoms with van der Waals surface area (Å²) in [6.07, 6.45) is 2.09. The number of carboxylic acid groups (broad SMARTS) is 1. The third-order valence-electron chi connectivity index (χ3n) is 2.72. The van der Waals surface area contributed by atoms with Crippen molar-refractivity contribution < 1.29 is 14.7 Å². The minimum Gasteiger partial charge on any atom is -0.481 e. The number of aryl methyl sites for hydroxylation is 1. The SMILES string of the molecule is O=C(O)CCc1ccccc1NC(=O)c1ccc[nH]1. The lowest BCUT2D eigenvalue weighted by atomic mass is 10.1. The van der Waals surface area contributed by atoms with Crippen molar-refractivity contribution in [1.82, 2.24) is 4.98 Å². The number of carbonyl (C=O) groups is 2. The summed E-state index contributed by atoms with van der Waals surface area (Å²) in [5.41, 5.74) is 1.92. The number of aromatic nitrogens is 1. The highest BCUT2D eigenvalue weighted by Gasteiger charge is 2.10. The van der Waals surface area contributed by atoms with Crippen LogP contribution in [0.15, 0.2) is 42.6 Å². The fourth-order valence-corrected chi connectivity index (χ4v) is 1.76. The molecule has 5 heteroatoms. The Morgan fingerprint density at radius 2 is 1.95 bits per heavy atom. The molecule has 0 aliphatic heterocycles. The number of anilines is 1. The number of hydrogen-bond donors (Lipinski definition) is 3. The van der Waals surface area contributed by atoms with Gasteiger partial charge in [-0.3, -0.25) is 9.59 Å². The number of amides is 1. The van der Waals surface area contributed by atoms with Gasteiger partial charge in [-0.25, -0.2) is 0 Å². The van der Waals surface area contributed by atoms with E-state index in [0.29, 0.717) is 17.8 Å². The minimum absolute atomic E-state index is 0.0371. The molecule has 98 valence electrons. The predicted octanol–water partition coefficient (Wildman–Crippen LogP) is 2.28. The molecule has 5 nitrogen and oxygen atoms in total. The molecule has 0 atom stereocenters. The number of hydrogen-bond acceptors (Lipinski definition) is 2. The van der Waals surface area contributed by atoms with Gasteiger partial charge in [-0.15, -0.1) is 0 Å². The monoisotopic (exact) mass is 258 g/mol. The maximum Gasteiger partial charge on any atom is 0.303 e. The van der Waals surface area contributed by atoms with Gasteiger partial charge in [-0.1, -0.05) is 18.2 Å². The van der Waals surface area contributed by atoms with Crippen LogP contribution in [0.4, 0.5) is 5.69 Å². The predicted molar refractivity (Wildman–Crippen MR) is 71.1 cm³/mol. The largest absolute Gasteiger partial charge is 0.481 e. The van der Waals surface area contributed by atoms with E-state index in [0.717, 1.165) is 5.56 Å². The van der Waals surface area contributed by atoms with Gasteiger partial charge in [0.05, 0.1) is 0 Å². The lowest BCUT2D eigenvalue weighted by Crippen LogP contribution is -2.14. The fourth-order valence-electron chi connectivity index (χ4n) is 1.76. The van der Waals surface area contributed by atoms with Crippen LogP contribution in [0.1, 0.15) is 22.5 Å². The number of aliphatic carboxylic acids is 1. The molecule has 1 aromatic carbocycles. The molecule has 0 saturated carbocycles. The zero-order chi connectivity index (χ0) is 13.7. The van der Waals surface area contributed by atoms with Crippen LogP contribution in [0, 0.1) is 0 Å². The Hall–Kier alpha value is -2.56. The van der Waals surface area contributed by atoms with Crippen LogP contribution >= 0.6 is 0 Å². The molecule has 0 unspecified atom stereocenters. The number of para-hydroxylation sites is 1. The van der Waals surface area contributed by atoms with Crippen molar-refractivity contribution >= 4 is 17.6 Å². The summed E-state index contributed by atoms with van der Waals surface area (Å²) in [5.74, 6) is -1.10. The average molecular weight is 258 g/mol. The molecule has 0 fully saturated rings. The van der Waals surface area contributed by atoms with Gasteiger partial charge in [-0.05, 0) is 30.2 Å². The van der Waals surface area contributed by atoms with Crippen molar-refractivity contribution in [2.24, 2.45) is 0 Å². The number of rotatable bonds is 5. The quantitative estimate of drug-likeness (QED) is 0.769. The van der Waals surface area contributed by atoms with E-state index in [1.807, 2.05) is 12.1 Å². The van der Waals surface area contributed by atoms with Crippen molar-refractivity contribution in [3.8, 4) is 0 Å². The van der Waals surface area contributed by atoms with E-state index in [9.17, 15) is 9.59 Å². The maximum atomic E-state index is 11.9. The van der Waals surface area contributed by atoms with Gasteiger partial charge in [0.15, 0.2) is 0 Å². The van der Waals surface area contributed by atoms with E-state index >= 15 is 0 Å². The summed E-state index contributed by atoms with van der Waals surface area (Å²) >= 11 is 0. The van der Waals surface area contributed by atoms with Crippen molar-refractivity contribution in [3.63, 3.8) is 0 Å². The minimum atomic E-state index is -0.856. The number of carboxylic acids is 1. The first-order valence-electron chi connectivity index (χ1n) is 5.91. The Morgan fingerprint density at radius 1 is 1.16 bits per heavy atom. The second-order valence-corrected chi connectivity index (χ2v) is 4.09. The molecule has 19 heavy (non-hydrogen) atoms. The van der Waals surface area contributed by atoms with E-state index in [-0.39, 0.29) is 12.3 Å². The average Bonchev–Trinajstić information content (AvgIpc) is 2.91. The normalized spacial score (nSPS) is 10.1. The zero-order valence-corrected chi connectivity index (χ0v) is 10.2. The summed E-state index contributed by atoms with van der Waals surface area (Å²) in [6, 6.07) is 10.6. The van der Waals surface area contributed by atoms with E-state index in [4.69, 9.17) is 5.11 Å². The molecular formula is C14H14N2O3. The van der Waals surface area contributed by atoms with Gasteiger partial charge in [0.25, 0.3) is 5.91 Å². The Balaban J connectivity index is 2.11. The first-order chi connectivity index (χ1) is 9.16. The number of carbonyl (C=O) groups excluding carboxylic acids is 1. The van der Waals surface area contributed by atoms with Crippen LogP contribution < -0.4 is 5.32 Å². The highest BCUT2D eigenvalue weighted by atomic mass is 16.4. The van der Waals surface area contributed by atoms with Gasteiger partial charge in [0, 0.05) is 18.3 Å². The van der Waals surface area contributed by atoms with Gasteiger partial charge in [0.1, 0.15) is 5.69 Å². The van der Waals surface area contributed by atoms with Crippen LogP contribution in [0.5, 0.6) is 0 Å². The number of benzene rings is 1. The Labute approximate surface area is 110 Å². The van der Waals surface area contributed by atoms with E-state index < -0.39 is 5.97 Å². The van der Waals surface area contributed by atoms with Gasteiger partial charge in [0.2, 0.25) is 0 Å². The van der Waals surface area contributed by atoms with Gasteiger partial charge in [-0.2, -0.15) is 0 Å². The molecule has 0 spiro atoms. The summed E-state index contributed by atoms with van der Waals surface area (Å²) in [7, 11) is 0. The van der Waals surface area contributed by atoms with Crippen LogP contribution in [-0.2, 0) is 11.2 Å². The molecule has 0 radical (unpaired) electrons. The second-order valence-electron chi connectivity index (χ2n) is 4.09. The molecule has 3 N–H and O–H groups in total. The molecule has 1 aromatic heterocycles. The van der Waals surface area contributed by atoms with Crippen LogP contribution in [-0.4, -0.2) is 22.0 Å². The summed E-state index contributed by atoms with van der Waals surface area (Å²) in [5, 5.41) is 11.5. The highest BCUT2D eigenvalue weighted by Crippen LogP contribution is 2.17. The molecule has 0 saturated heterocycles. The third-order valence-corrected chi connectivity index (χ3v) is 2.72. The third kappa shape index (κ3) is 3.45. The van der Waals surface area contributed by atoms with Gasteiger partial charge < -0.3 is 15.4 Å². The number of H-pyrrole nitrogens is 1. The number of nitrogens with one attached hydrogen (secondary N) is 2. The Kier molecular flexibility index (Phi) is 3.97. The molecule has 0 bridgehead atoms. The van der Waals surface area contributed by atoms with Gasteiger partial charge >= 0.3 is 5.97 Å². The summed E-state index contributed by atoms with van der Waals surface area (Å²) in [6.45, 7) is 0. The van der Waals surface area contributed by atoms with Crippen molar-refractivity contribution in [2.45, 2.75) is 12.8 Å². The van der Waals surface area contributed by atoms with Crippen LogP contribution in [0.25, 0.3) is 0 Å².